The minimum absolute atomic E-state index is 0.147. The summed E-state index contributed by atoms with van der Waals surface area (Å²) < 4.78 is 0. The lowest BCUT2D eigenvalue weighted by molar-refractivity contribution is 0.0938. The van der Waals surface area contributed by atoms with E-state index in [9.17, 15) is 9.59 Å². The van der Waals surface area contributed by atoms with Crippen molar-refractivity contribution in [1.82, 2.24) is 31.3 Å². The quantitative estimate of drug-likeness (QED) is 0.761. The number of aromatic nitrogens is 4. The summed E-state index contributed by atoms with van der Waals surface area (Å²) >= 11 is 0. The third-order valence-electron chi connectivity index (χ3n) is 3.72. The van der Waals surface area contributed by atoms with Crippen LogP contribution >= 0.6 is 0 Å². The molecule has 1 saturated heterocycles. The number of carbonyl (C=O) groups excluding carboxylic acids is 2. The number of rotatable bonds is 4. The molecule has 9 heteroatoms. The predicted octanol–water partition coefficient (Wildman–Crippen LogP) is 0.529. The van der Waals surface area contributed by atoms with E-state index in [1.54, 1.807) is 24.0 Å². The van der Waals surface area contributed by atoms with Gasteiger partial charge in [0.15, 0.2) is 5.82 Å². The first-order valence-corrected chi connectivity index (χ1v) is 7.26. The number of aryl methyl sites for hydroxylation is 1. The minimum Gasteiger partial charge on any atom is -0.342 e. The molecule has 0 spiro atoms. The second-order valence-electron chi connectivity index (χ2n) is 5.35. The Morgan fingerprint density at radius 2 is 2.26 bits per heavy atom. The molecule has 1 aliphatic rings. The van der Waals surface area contributed by atoms with E-state index in [-0.39, 0.29) is 18.0 Å². The van der Waals surface area contributed by atoms with Gasteiger partial charge in [0.05, 0.1) is 6.04 Å². The van der Waals surface area contributed by atoms with Gasteiger partial charge in [-0.25, -0.2) is 4.79 Å². The van der Waals surface area contributed by atoms with Gasteiger partial charge in [-0.05, 0) is 31.5 Å². The molecule has 9 nitrogen and oxygen atoms in total. The minimum atomic E-state index is -0.374. The number of carbonyl (C=O) groups is 2. The summed E-state index contributed by atoms with van der Waals surface area (Å²) in [5.74, 6) is 0.146. The number of benzene rings is 1. The summed E-state index contributed by atoms with van der Waals surface area (Å²) in [5.41, 5.74) is 2.14. The Bertz CT molecular complexity index is 729. The van der Waals surface area contributed by atoms with E-state index in [1.165, 1.54) is 0 Å². The van der Waals surface area contributed by atoms with Crippen molar-refractivity contribution < 1.29 is 9.59 Å². The van der Waals surface area contributed by atoms with Gasteiger partial charge in [-0.3, -0.25) is 9.69 Å². The summed E-state index contributed by atoms with van der Waals surface area (Å²) in [6.45, 7) is 4.86. The molecule has 1 fully saturated rings. The van der Waals surface area contributed by atoms with E-state index in [1.807, 2.05) is 13.0 Å². The van der Waals surface area contributed by atoms with Gasteiger partial charge < -0.3 is 10.6 Å². The topological polar surface area (TPSA) is 116 Å². The Kier molecular flexibility index (Phi) is 3.92. The monoisotopic (exact) mass is 315 g/mol. The Morgan fingerprint density at radius 1 is 1.43 bits per heavy atom. The molecule has 1 unspecified atom stereocenters. The molecule has 0 saturated carbocycles. The molecule has 1 atom stereocenters. The van der Waals surface area contributed by atoms with Gasteiger partial charge in [-0.15, -0.1) is 10.2 Å². The van der Waals surface area contributed by atoms with Crippen molar-refractivity contribution in [3.63, 3.8) is 0 Å². The number of nitrogens with one attached hydrogen (secondary N) is 3. The third kappa shape index (κ3) is 2.98. The van der Waals surface area contributed by atoms with Crippen LogP contribution < -0.4 is 15.5 Å². The van der Waals surface area contributed by atoms with Crippen molar-refractivity contribution in [3.8, 4) is 0 Å². The van der Waals surface area contributed by atoms with Gasteiger partial charge in [-0.2, -0.15) is 5.21 Å². The number of tetrazole rings is 1. The maximum Gasteiger partial charge on any atom is 0.322 e. The van der Waals surface area contributed by atoms with Crippen molar-refractivity contribution in [2.24, 2.45) is 0 Å². The normalized spacial score (nSPS) is 15.4. The van der Waals surface area contributed by atoms with Crippen LogP contribution in [0.3, 0.4) is 0 Å². The highest BCUT2D eigenvalue weighted by Crippen LogP contribution is 2.23. The average Bonchev–Trinajstić information content (AvgIpc) is 3.19. The van der Waals surface area contributed by atoms with Crippen molar-refractivity contribution in [2.45, 2.75) is 19.9 Å². The number of hydrogen-bond acceptors (Lipinski definition) is 5. The second-order valence-corrected chi connectivity index (χ2v) is 5.35. The highest BCUT2D eigenvalue weighted by Gasteiger charge is 2.24. The molecule has 2 heterocycles. The lowest BCUT2D eigenvalue weighted by atomic mass is 10.1. The molecule has 1 aromatic heterocycles. The van der Waals surface area contributed by atoms with Crippen LogP contribution in [-0.4, -0.2) is 45.7 Å². The number of hydrogen-bond donors (Lipinski definition) is 3. The van der Waals surface area contributed by atoms with Crippen LogP contribution in [0, 0.1) is 6.92 Å². The van der Waals surface area contributed by atoms with Crippen molar-refractivity contribution in [3.05, 3.63) is 35.2 Å². The zero-order valence-electron chi connectivity index (χ0n) is 12.8. The van der Waals surface area contributed by atoms with E-state index >= 15 is 0 Å². The maximum atomic E-state index is 12.4. The van der Waals surface area contributed by atoms with Crippen LogP contribution in [0.1, 0.15) is 34.7 Å². The number of amides is 3. The average molecular weight is 315 g/mol. The maximum absolute atomic E-state index is 12.4. The number of nitrogens with zero attached hydrogens (tertiary/aromatic N) is 4. The molecule has 0 aliphatic carbocycles. The Hall–Kier alpha value is -2.97. The van der Waals surface area contributed by atoms with Crippen molar-refractivity contribution in [1.29, 1.82) is 0 Å². The summed E-state index contributed by atoms with van der Waals surface area (Å²) in [7, 11) is 0. The first-order valence-electron chi connectivity index (χ1n) is 7.26. The van der Waals surface area contributed by atoms with E-state index in [0.717, 1.165) is 11.3 Å². The van der Waals surface area contributed by atoms with Crippen LogP contribution in [0.2, 0.25) is 0 Å². The van der Waals surface area contributed by atoms with Crippen LogP contribution in [0.25, 0.3) is 0 Å². The largest absolute Gasteiger partial charge is 0.342 e. The molecule has 1 aromatic carbocycles. The highest BCUT2D eigenvalue weighted by molar-refractivity contribution is 5.99. The number of aromatic amines is 1. The molecule has 0 radical (unpaired) electrons. The summed E-state index contributed by atoms with van der Waals surface area (Å²) in [6, 6.07) is 4.75. The molecule has 3 N–H and O–H groups in total. The SMILES string of the molecule is Cc1ccc(C(=O)NC(C)c2nn[nH]n2)cc1N1CCNC1=O. The molecule has 3 rings (SSSR count). The third-order valence-corrected chi connectivity index (χ3v) is 3.72. The molecule has 23 heavy (non-hydrogen) atoms. The smallest absolute Gasteiger partial charge is 0.322 e. The number of H-pyrrole nitrogens is 1. The van der Waals surface area contributed by atoms with Crippen LogP contribution in [0.4, 0.5) is 10.5 Å². The Balaban J connectivity index is 1.80. The molecule has 3 amide bonds. The zero-order chi connectivity index (χ0) is 16.4. The fraction of sp³-hybridized carbons (Fsp3) is 0.357. The summed E-state index contributed by atoms with van der Waals surface area (Å²) in [4.78, 5) is 25.9. The fourth-order valence-corrected chi connectivity index (χ4v) is 2.44. The first-order chi connectivity index (χ1) is 11.1. The van der Waals surface area contributed by atoms with Crippen LogP contribution in [0.15, 0.2) is 18.2 Å². The molecular formula is C14H17N7O2. The van der Waals surface area contributed by atoms with E-state index in [2.05, 4.69) is 31.3 Å². The van der Waals surface area contributed by atoms with E-state index in [0.29, 0.717) is 24.5 Å². The summed E-state index contributed by atoms with van der Waals surface area (Å²) in [5, 5.41) is 19.1. The van der Waals surface area contributed by atoms with Crippen molar-refractivity contribution >= 4 is 17.6 Å². The summed E-state index contributed by atoms with van der Waals surface area (Å²) in [6.07, 6.45) is 0. The molecular weight excluding hydrogens is 298 g/mol. The van der Waals surface area contributed by atoms with Crippen LogP contribution in [0.5, 0.6) is 0 Å². The molecule has 0 bridgehead atoms. The van der Waals surface area contributed by atoms with Crippen molar-refractivity contribution in [2.75, 3.05) is 18.0 Å². The van der Waals surface area contributed by atoms with Gasteiger partial charge >= 0.3 is 6.03 Å². The van der Waals surface area contributed by atoms with E-state index in [4.69, 9.17) is 0 Å². The predicted molar refractivity (Wildman–Crippen MR) is 82.0 cm³/mol. The molecule has 2 aromatic rings. The lowest BCUT2D eigenvalue weighted by Gasteiger charge is -2.18. The second kappa shape index (κ2) is 6.03. The Morgan fingerprint density at radius 3 is 2.91 bits per heavy atom. The zero-order valence-corrected chi connectivity index (χ0v) is 12.8. The lowest BCUT2D eigenvalue weighted by Crippen LogP contribution is -2.30. The van der Waals surface area contributed by atoms with Crippen LogP contribution in [-0.2, 0) is 0 Å². The van der Waals surface area contributed by atoms with Gasteiger partial charge in [-0.1, -0.05) is 11.3 Å². The highest BCUT2D eigenvalue weighted by atomic mass is 16.2. The van der Waals surface area contributed by atoms with Gasteiger partial charge in [0.25, 0.3) is 5.91 Å². The number of urea groups is 1. The van der Waals surface area contributed by atoms with Gasteiger partial charge in [0, 0.05) is 24.3 Å². The molecule has 1 aliphatic heterocycles. The fourth-order valence-electron chi connectivity index (χ4n) is 2.44. The molecule has 120 valence electrons. The standard InChI is InChI=1S/C14H17N7O2/c1-8-3-4-10(7-11(8)21-6-5-15-14(21)23)13(22)16-9(2)12-17-19-20-18-12/h3-4,7,9H,5-6H2,1-2H3,(H,15,23)(H,16,22)(H,17,18,19,20). The number of anilines is 1. The van der Waals surface area contributed by atoms with Gasteiger partial charge in [0.2, 0.25) is 0 Å². The van der Waals surface area contributed by atoms with Gasteiger partial charge in [0.1, 0.15) is 0 Å². The first kappa shape index (κ1) is 14.9. The Labute approximate surface area is 132 Å². The van der Waals surface area contributed by atoms with E-state index < -0.39 is 0 Å².